The third-order valence-corrected chi connectivity index (χ3v) is 3.05. The summed E-state index contributed by atoms with van der Waals surface area (Å²) in [5.74, 6) is -23.6. The number of hydrogen-bond acceptors (Lipinski definition) is 3. The van der Waals surface area contributed by atoms with Gasteiger partial charge in [-0.3, -0.25) is 0 Å². The summed E-state index contributed by atoms with van der Waals surface area (Å²) in [6.45, 7) is 1.33. The van der Waals surface area contributed by atoms with E-state index in [9.17, 15) is 40.2 Å². The zero-order chi connectivity index (χ0) is 16.9. The van der Waals surface area contributed by atoms with Gasteiger partial charge in [0.1, 0.15) is 0 Å². The molecule has 1 rings (SSSR count). The minimum Gasteiger partial charge on any atom is -0.353 e. The van der Waals surface area contributed by atoms with Crippen LogP contribution in [0.5, 0.6) is 0 Å². The predicted octanol–water partition coefficient (Wildman–Crippen LogP) is 3.60. The van der Waals surface area contributed by atoms with Gasteiger partial charge in [0.2, 0.25) is 0 Å². The molecule has 0 bridgehead atoms. The van der Waals surface area contributed by atoms with Crippen LogP contribution >= 0.6 is 11.6 Å². The number of rotatable bonds is 5. The topological polar surface area (TPSA) is 41.8 Å². The summed E-state index contributed by atoms with van der Waals surface area (Å²) >= 11 is 3.78. The molecule has 3 nitrogen and oxygen atoms in total. The lowest BCUT2D eigenvalue weighted by atomic mass is 9.93. The molecule has 0 aromatic heterocycles. The van der Waals surface area contributed by atoms with E-state index in [1.807, 2.05) is 0 Å². The lowest BCUT2D eigenvalue weighted by molar-refractivity contribution is -0.419. The van der Waals surface area contributed by atoms with Gasteiger partial charge in [-0.15, -0.1) is 0 Å². The second-order valence-corrected chi connectivity index (χ2v) is 4.76. The maximum atomic E-state index is 13.6. The fourth-order valence-corrected chi connectivity index (χ4v) is 1.58. The van der Waals surface area contributed by atoms with Gasteiger partial charge in [0.05, 0.1) is 12.1 Å². The minimum atomic E-state index is -6.71. The van der Waals surface area contributed by atoms with E-state index in [0.29, 0.717) is 0 Å². The Kier molecular flexibility index (Phi) is 4.19. The van der Waals surface area contributed by atoms with Crippen LogP contribution in [0.3, 0.4) is 0 Å². The monoisotopic (exact) mass is 349 g/mol. The molecule has 0 saturated carbocycles. The summed E-state index contributed by atoms with van der Waals surface area (Å²) < 4.78 is 104. The molecule has 12 heteroatoms. The van der Waals surface area contributed by atoms with E-state index >= 15 is 0 Å². The van der Waals surface area contributed by atoms with E-state index in [4.69, 9.17) is 0 Å². The van der Waals surface area contributed by atoms with Crippen LogP contribution in [-0.2, 0) is 4.84 Å². The van der Waals surface area contributed by atoms with E-state index in [-0.39, 0.29) is 12.1 Å². The normalized spacial score (nSPS) is 24.8. The van der Waals surface area contributed by atoms with Crippen molar-refractivity contribution in [1.82, 2.24) is 0 Å². The molecule has 0 aromatic carbocycles. The molecule has 1 unspecified atom stereocenters. The first-order chi connectivity index (χ1) is 9.14. The Labute approximate surface area is 117 Å². The second kappa shape index (κ2) is 4.83. The zero-order valence-corrected chi connectivity index (χ0v) is 10.9. The quantitative estimate of drug-likeness (QED) is 0.609. The number of nitrogens with zero attached hydrogens (tertiary/aromatic N) is 1. The van der Waals surface area contributed by atoms with Gasteiger partial charge in [0.15, 0.2) is 0 Å². The number of halogens is 9. The molecule has 0 amide bonds. The summed E-state index contributed by atoms with van der Waals surface area (Å²) in [5, 5.41) is 6.13. The van der Waals surface area contributed by atoms with Gasteiger partial charge in [0, 0.05) is 0 Å². The Morgan fingerprint density at radius 1 is 1.14 bits per heavy atom. The summed E-state index contributed by atoms with van der Waals surface area (Å²) in [6.07, 6.45) is -1.47. The van der Waals surface area contributed by atoms with Crippen LogP contribution in [-0.4, -0.2) is 39.8 Å². The molecule has 1 aliphatic heterocycles. The van der Waals surface area contributed by atoms with Crippen LogP contribution in [0.15, 0.2) is 5.16 Å². The average molecular weight is 350 g/mol. The second-order valence-electron chi connectivity index (χ2n) is 4.28. The van der Waals surface area contributed by atoms with Crippen molar-refractivity contribution in [1.29, 1.82) is 0 Å². The van der Waals surface area contributed by atoms with E-state index in [2.05, 4.69) is 21.6 Å². The highest BCUT2D eigenvalue weighted by Gasteiger charge is 2.86. The third kappa shape index (κ3) is 2.43. The van der Waals surface area contributed by atoms with Crippen molar-refractivity contribution in [3.05, 3.63) is 0 Å². The summed E-state index contributed by atoms with van der Waals surface area (Å²) in [6, 6.07) is 0. The molecule has 0 saturated heterocycles. The van der Waals surface area contributed by atoms with E-state index in [1.54, 1.807) is 0 Å². The Hall–Kier alpha value is -0.840. The molecule has 124 valence electrons. The molecular weight excluding hydrogens is 342 g/mol. The third-order valence-electron chi connectivity index (χ3n) is 2.81. The van der Waals surface area contributed by atoms with Crippen LogP contribution in [0.4, 0.5) is 35.1 Å². The first-order valence-corrected chi connectivity index (χ1v) is 5.68. The first-order valence-electron chi connectivity index (χ1n) is 5.30. The van der Waals surface area contributed by atoms with Gasteiger partial charge in [-0.1, -0.05) is 12.1 Å². The molecule has 0 spiro atoms. The highest BCUT2D eigenvalue weighted by atomic mass is 35.5. The fraction of sp³-hybridized carbons (Fsp3) is 0.889. The van der Waals surface area contributed by atoms with Crippen molar-refractivity contribution in [3.63, 3.8) is 0 Å². The average Bonchev–Trinajstić information content (AvgIpc) is 2.71. The molecule has 0 fully saturated rings. The SMILES string of the molecule is CCC1=NOC(O)(C(F)(F)C(F)(F)C(F)(F)C(F)(F)Cl)C1. The predicted molar refractivity (Wildman–Crippen MR) is 54.0 cm³/mol. The van der Waals surface area contributed by atoms with Crippen molar-refractivity contribution in [2.24, 2.45) is 5.16 Å². The smallest absolute Gasteiger partial charge is 0.353 e. The van der Waals surface area contributed by atoms with Crippen LogP contribution in [0.25, 0.3) is 0 Å². The Morgan fingerprint density at radius 2 is 1.62 bits per heavy atom. The van der Waals surface area contributed by atoms with Crippen molar-refractivity contribution in [2.75, 3.05) is 0 Å². The molecule has 0 aliphatic carbocycles. The van der Waals surface area contributed by atoms with Crippen molar-refractivity contribution in [2.45, 2.75) is 48.7 Å². The molecular formula is C9H8ClF8NO2. The lowest BCUT2D eigenvalue weighted by Crippen LogP contribution is -2.68. The largest absolute Gasteiger partial charge is 0.393 e. The zero-order valence-electron chi connectivity index (χ0n) is 10.1. The summed E-state index contributed by atoms with van der Waals surface area (Å²) in [4.78, 5) is 3.70. The number of hydrogen-bond donors (Lipinski definition) is 1. The van der Waals surface area contributed by atoms with Gasteiger partial charge in [-0.25, -0.2) is 0 Å². The molecule has 0 radical (unpaired) electrons. The van der Waals surface area contributed by atoms with Gasteiger partial charge < -0.3 is 9.94 Å². The molecule has 1 atom stereocenters. The number of alkyl halides is 9. The highest BCUT2D eigenvalue weighted by Crippen LogP contribution is 2.58. The van der Waals surface area contributed by atoms with Crippen molar-refractivity contribution >= 4 is 17.3 Å². The van der Waals surface area contributed by atoms with Crippen LogP contribution in [0.1, 0.15) is 19.8 Å². The molecule has 1 heterocycles. The van der Waals surface area contributed by atoms with E-state index in [1.165, 1.54) is 6.92 Å². The van der Waals surface area contributed by atoms with Crippen molar-refractivity contribution in [3.8, 4) is 0 Å². The van der Waals surface area contributed by atoms with E-state index < -0.39 is 35.4 Å². The summed E-state index contributed by atoms with van der Waals surface area (Å²) in [7, 11) is 0. The van der Waals surface area contributed by atoms with Gasteiger partial charge in [0.25, 0.3) is 0 Å². The van der Waals surface area contributed by atoms with Gasteiger partial charge in [-0.05, 0) is 18.0 Å². The van der Waals surface area contributed by atoms with E-state index in [0.717, 1.165) is 0 Å². The van der Waals surface area contributed by atoms with Crippen molar-refractivity contribution < 1.29 is 45.1 Å². The minimum absolute atomic E-state index is 0.119. The molecule has 1 N–H and O–H groups in total. The summed E-state index contributed by atoms with van der Waals surface area (Å²) in [5.41, 5.74) is -0.339. The Bertz CT molecular complexity index is 450. The van der Waals surface area contributed by atoms with Crippen LogP contribution in [0.2, 0.25) is 0 Å². The van der Waals surface area contributed by atoms with Crippen LogP contribution < -0.4 is 0 Å². The number of oxime groups is 1. The standard InChI is InChI=1S/C9H8ClF8NO2/c1-2-4-3-5(20,21-19-4)6(11,12)7(13,14)8(15,16)9(10,17)18/h20H,2-3H2,1H3. The maximum Gasteiger partial charge on any atom is 0.393 e. The first kappa shape index (κ1) is 18.2. The molecule has 1 aliphatic rings. The number of aliphatic hydroxyl groups is 1. The molecule has 0 aromatic rings. The maximum absolute atomic E-state index is 13.6. The fourth-order valence-electron chi connectivity index (χ4n) is 1.46. The highest BCUT2D eigenvalue weighted by molar-refractivity contribution is 6.22. The van der Waals surface area contributed by atoms with Crippen LogP contribution in [0, 0.1) is 0 Å². The molecule has 21 heavy (non-hydrogen) atoms. The lowest BCUT2D eigenvalue weighted by Gasteiger charge is -2.39. The van der Waals surface area contributed by atoms with Gasteiger partial charge in [-0.2, -0.15) is 35.1 Å². The van der Waals surface area contributed by atoms with Gasteiger partial charge >= 0.3 is 28.9 Å². The Balaban J connectivity index is 3.24. The Morgan fingerprint density at radius 3 is 1.95 bits per heavy atom.